The van der Waals surface area contributed by atoms with Crippen molar-refractivity contribution in [2.45, 2.75) is 76.0 Å². The number of carboxylic acids is 1. The molecule has 3 aliphatic rings. The molecule has 0 bridgehead atoms. The van der Waals surface area contributed by atoms with Gasteiger partial charge >= 0.3 is 5.97 Å². The number of rotatable bonds is 32. The minimum Gasteiger partial charge on any atom is -0.494 e. The number of amides is 4. The number of piperidine rings is 1. The van der Waals surface area contributed by atoms with Gasteiger partial charge in [0.05, 0.1) is 62.2 Å². The molecule has 6 N–H and O–H groups in total. The highest BCUT2D eigenvalue weighted by Crippen LogP contribution is 2.30. The number of halogens is 2. The molecule has 3 aliphatic heterocycles. The van der Waals surface area contributed by atoms with Gasteiger partial charge in [-0.15, -0.1) is 0 Å². The number of nitrogens with one attached hydrogen (secondary N) is 5. The van der Waals surface area contributed by atoms with Crippen LogP contribution in [0.5, 0.6) is 5.75 Å². The summed E-state index contributed by atoms with van der Waals surface area (Å²) in [5, 5.41) is 38.1. The molecular weight excluding hydrogens is 1240 g/mol. The van der Waals surface area contributed by atoms with Gasteiger partial charge in [-0.2, -0.15) is 20.6 Å². The first-order chi connectivity index (χ1) is 42.1. The van der Waals surface area contributed by atoms with Gasteiger partial charge in [0.15, 0.2) is 0 Å². The Morgan fingerprint density at radius 2 is 1.52 bits per heavy atom. The molecule has 0 aliphatic carbocycles. The molecule has 0 spiro atoms. The van der Waals surface area contributed by atoms with E-state index in [9.17, 15) is 48.3 Å². The number of pyridine rings is 1. The number of likely N-dealkylation sites (tertiary alicyclic amines) is 2. The van der Waals surface area contributed by atoms with Crippen LogP contribution in [0.4, 0.5) is 4.39 Å². The van der Waals surface area contributed by atoms with Crippen molar-refractivity contribution in [2.75, 3.05) is 125 Å². The second-order valence-corrected chi connectivity index (χ2v) is 22.8. The lowest BCUT2D eigenvalue weighted by atomic mass is 9.91. The first kappa shape index (κ1) is 68.5. The van der Waals surface area contributed by atoms with Crippen LogP contribution >= 0.6 is 22.6 Å². The largest absolute Gasteiger partial charge is 0.494 e. The third kappa shape index (κ3) is 24.9. The molecule has 3 saturated heterocycles. The van der Waals surface area contributed by atoms with Gasteiger partial charge in [0, 0.05) is 119 Å². The number of carbonyl (C=O) groups excluding carboxylic acids is 6. The van der Waals surface area contributed by atoms with Crippen LogP contribution < -0.4 is 31.6 Å². The smallest absolute Gasteiger partial charge is 0.317 e. The zero-order chi connectivity index (χ0) is 62.2. The van der Waals surface area contributed by atoms with Crippen LogP contribution in [-0.2, 0) is 38.2 Å². The summed E-state index contributed by atoms with van der Waals surface area (Å²) < 4.78 is 31.8. The molecule has 3 aromatic rings. The summed E-state index contributed by atoms with van der Waals surface area (Å²) in [6.07, 6.45) is 11.2. The Labute approximate surface area is 519 Å². The molecule has 3 atom stereocenters. The number of carboxylic acid groups (broad SMARTS) is 1. The van der Waals surface area contributed by atoms with Gasteiger partial charge < -0.3 is 45.2 Å². The lowest BCUT2D eigenvalue weighted by Crippen LogP contribution is -2.50. The molecular formula is C58H80FIN16O11. The summed E-state index contributed by atoms with van der Waals surface area (Å²) in [7, 11) is 0. The van der Waals surface area contributed by atoms with E-state index >= 15 is 0 Å². The zero-order valence-corrected chi connectivity index (χ0v) is 51.3. The molecule has 472 valence electrons. The van der Waals surface area contributed by atoms with Crippen molar-refractivity contribution in [2.24, 2.45) is 21.2 Å². The van der Waals surface area contributed by atoms with Crippen molar-refractivity contribution in [3.05, 3.63) is 69.4 Å². The predicted molar refractivity (Wildman–Crippen MR) is 330 cm³/mol. The number of fused-ring (bicyclic) bond motifs is 1. The van der Waals surface area contributed by atoms with Crippen LogP contribution in [0, 0.1) is 20.8 Å². The van der Waals surface area contributed by atoms with Gasteiger partial charge in [-0.25, -0.2) is 4.39 Å². The van der Waals surface area contributed by atoms with E-state index in [-0.39, 0.29) is 83.9 Å². The number of nitriles is 1. The summed E-state index contributed by atoms with van der Waals surface area (Å²) in [5.74, 6) is -1.32. The Balaban J connectivity index is 0.937. The van der Waals surface area contributed by atoms with Crippen LogP contribution in [0.2, 0.25) is 0 Å². The third-order valence-corrected chi connectivity index (χ3v) is 15.6. The quantitative estimate of drug-likeness (QED) is 0.0130. The molecule has 6 rings (SSSR count). The van der Waals surface area contributed by atoms with Crippen LogP contribution in [-0.4, -0.2) is 243 Å². The van der Waals surface area contributed by atoms with Gasteiger partial charge in [0.2, 0.25) is 17.7 Å². The first-order valence-corrected chi connectivity index (χ1v) is 30.2. The number of unbranched alkanes of at least 4 members (excludes halogenated alkanes) is 1. The van der Waals surface area contributed by atoms with Crippen molar-refractivity contribution >= 4 is 94.7 Å². The summed E-state index contributed by atoms with van der Waals surface area (Å²) >= 11 is 2.24. The maximum Gasteiger partial charge on any atom is 0.317 e. The number of nitrogens with zero attached hydrogens (tertiary/aromatic N) is 11. The minimum atomic E-state index is -1.67. The van der Waals surface area contributed by atoms with Crippen LogP contribution in [0.1, 0.15) is 74.2 Å². The van der Waals surface area contributed by atoms with E-state index in [1.54, 1.807) is 47.8 Å². The number of aliphatic carboxylic acids is 1. The fourth-order valence-electron chi connectivity index (χ4n) is 10.2. The van der Waals surface area contributed by atoms with Crippen molar-refractivity contribution in [3.63, 3.8) is 0 Å². The Bertz CT molecular complexity index is 2840. The van der Waals surface area contributed by atoms with Gasteiger partial charge in [-0.1, -0.05) is 18.6 Å². The van der Waals surface area contributed by atoms with Crippen molar-refractivity contribution < 1.29 is 57.3 Å². The van der Waals surface area contributed by atoms with E-state index in [4.69, 9.17) is 14.2 Å². The highest BCUT2D eigenvalue weighted by atomic mass is 127. The van der Waals surface area contributed by atoms with Crippen LogP contribution in [0.25, 0.3) is 10.9 Å². The molecule has 1 unspecified atom stereocenters. The van der Waals surface area contributed by atoms with E-state index < -0.39 is 35.5 Å². The van der Waals surface area contributed by atoms with Gasteiger partial charge in [-0.05, 0) is 103 Å². The lowest BCUT2D eigenvalue weighted by molar-refractivity contribution is -0.139. The second-order valence-electron chi connectivity index (χ2n) is 21.6. The normalized spacial score (nSPS) is 19.2. The third-order valence-electron chi connectivity index (χ3n) is 14.9. The summed E-state index contributed by atoms with van der Waals surface area (Å²) in [6.45, 7) is 6.54. The maximum atomic E-state index is 14.6. The molecule has 0 radical (unpaired) electrons. The molecule has 4 amide bonds. The number of ether oxygens (including phenoxy) is 3. The number of alkyl halides is 1. The van der Waals surface area contributed by atoms with Crippen LogP contribution in [0.15, 0.2) is 70.0 Å². The number of carbonyl (C=O) groups is 7. The number of hydrogen-bond acceptors (Lipinski definition) is 22. The fraction of sp³-hybridized carbons (Fsp3) is 0.552. The topological polar surface area (TPSA) is 321 Å². The van der Waals surface area contributed by atoms with E-state index in [1.165, 1.54) is 18.0 Å². The summed E-state index contributed by atoms with van der Waals surface area (Å²) in [6, 6.07) is 15.2. The Hall–Kier alpha value is -7.66. The van der Waals surface area contributed by atoms with E-state index in [1.807, 2.05) is 49.9 Å². The monoisotopic (exact) mass is 1320 g/mol. The van der Waals surface area contributed by atoms with Crippen molar-refractivity contribution in [1.29, 1.82) is 5.26 Å². The van der Waals surface area contributed by atoms with E-state index in [2.05, 4.69) is 69.8 Å². The second kappa shape index (κ2) is 37.1. The number of hydrogen-bond donors (Lipinski definition) is 6. The molecule has 27 nitrogen and oxygen atoms in total. The molecule has 3 fully saturated rings. The Morgan fingerprint density at radius 1 is 0.851 bits per heavy atom. The molecule has 87 heavy (non-hydrogen) atoms. The van der Waals surface area contributed by atoms with E-state index in [0.29, 0.717) is 113 Å². The van der Waals surface area contributed by atoms with Crippen LogP contribution in [0.3, 0.4) is 0 Å². The first-order valence-electron chi connectivity index (χ1n) is 29.1. The Morgan fingerprint density at radius 3 is 2.18 bits per heavy atom. The molecule has 2 aromatic carbocycles. The SMILES string of the molecule is CC1(F)C[C@H](C#N)N(C(=O)CNC(=O)c2ccnc3ccc(OCCCCC4CCN(C(=O)CCN/N=C\[C@H](C/C=N/NCN/N=C/c5ccc(I)cc5)NC(=O)CN5CCN(COC=O)CCN(COC=O)CCN(CC(=O)O)CC5)CC4)cc23)C1. The zero-order valence-electron chi connectivity index (χ0n) is 49.1. The average molecular weight is 1320 g/mol. The summed E-state index contributed by atoms with van der Waals surface area (Å²) in [4.78, 5) is 102. The molecule has 29 heteroatoms. The highest BCUT2D eigenvalue weighted by Gasteiger charge is 2.43. The lowest BCUT2D eigenvalue weighted by Gasteiger charge is -2.33. The molecule has 4 heterocycles. The minimum absolute atomic E-state index is 0.00421. The average Bonchev–Trinajstić information content (AvgIpc) is 3.30. The van der Waals surface area contributed by atoms with Crippen molar-refractivity contribution in [1.82, 2.24) is 61.3 Å². The number of hydrazone groups is 3. The van der Waals surface area contributed by atoms with Crippen molar-refractivity contribution in [3.8, 4) is 11.8 Å². The Kier molecular flexibility index (Phi) is 29.2. The standard InChI is InChI=1S/C58H80FIN16O11/c1-58(59)31-48(32-61)76(38-58)55(81)35-63-57(84)50-12-16-62-52-10-9-49(30-51(50)52)87-29-3-2-4-44-14-19-75(20-15-44)54(80)13-18-64-67-34-47(11-17-65-68-39-69-66-33-45-5-7-46(60)8-6-45)70-53(79)36-71-21-22-72(37-56(82)83)24-26-74(41-86-43-78)28-27-73(25-23-71)40-85-42-77/h5-10,12,16-17,30,33-34,42-44,47-48,64,68-69H,2-4,11,13-15,18-29,31,35-41H2,1H3,(H,63,84)(H,70,79)(H,82,83)/b65-17+,66-33+,67-34-/t47-,48+,58?/m0/s1. The number of benzene rings is 2. The maximum absolute atomic E-state index is 14.6. The number of aromatic nitrogens is 1. The predicted octanol–water partition coefficient (Wildman–Crippen LogP) is 1.77. The fourth-order valence-corrected chi connectivity index (χ4v) is 10.5. The van der Waals surface area contributed by atoms with Gasteiger partial charge in [0.25, 0.3) is 18.9 Å². The molecule has 0 saturated carbocycles. The summed E-state index contributed by atoms with van der Waals surface area (Å²) in [5.41, 5.74) is 8.86. The van der Waals surface area contributed by atoms with E-state index in [0.717, 1.165) is 41.2 Å². The van der Waals surface area contributed by atoms with Gasteiger partial charge in [-0.3, -0.25) is 69.0 Å². The molecule has 1 aromatic heterocycles. The van der Waals surface area contributed by atoms with Gasteiger partial charge in [0.1, 0.15) is 37.6 Å². The highest BCUT2D eigenvalue weighted by molar-refractivity contribution is 14.1.